The number of nitrogens with zero attached hydrogens (tertiary/aromatic N) is 3. The molecule has 0 bridgehead atoms. The molecule has 1 aromatic heterocycles. The van der Waals surface area contributed by atoms with Gasteiger partial charge in [-0.15, -0.1) is 5.10 Å². The minimum absolute atomic E-state index is 0.0258. The number of rotatable bonds is 5. The molecule has 7 nitrogen and oxygen atoms in total. The molecule has 1 fully saturated rings. The lowest BCUT2D eigenvalue weighted by Gasteiger charge is -2.32. The SMILES string of the molecule is COC(=O)c1cn(CC(=C(F)B2OC(C)(C)C(C)(C)O2)c2cccc(F)c2)nn1. The van der Waals surface area contributed by atoms with E-state index in [0.717, 1.165) is 0 Å². The van der Waals surface area contributed by atoms with Crippen LogP contribution in [-0.2, 0) is 20.6 Å². The summed E-state index contributed by atoms with van der Waals surface area (Å²) >= 11 is 0. The standard InChI is InChI=1S/C19H22BF2N3O4/c1-18(2)19(3,4)29-20(28-18)16(22)14(12-7-6-8-13(21)9-12)10-25-11-15(23-24-25)17(26)27-5/h6-9,11H,10H2,1-5H3. The summed E-state index contributed by atoms with van der Waals surface area (Å²) in [5.41, 5.74) is -1.82. The quantitative estimate of drug-likeness (QED) is 0.562. The van der Waals surface area contributed by atoms with Crippen LogP contribution in [0.25, 0.3) is 5.57 Å². The maximum absolute atomic E-state index is 15.5. The van der Waals surface area contributed by atoms with E-state index in [0.29, 0.717) is 5.56 Å². The highest BCUT2D eigenvalue weighted by molar-refractivity contribution is 6.55. The molecule has 0 aliphatic carbocycles. The van der Waals surface area contributed by atoms with Crippen LogP contribution in [0.5, 0.6) is 0 Å². The van der Waals surface area contributed by atoms with Crippen molar-refractivity contribution in [1.29, 1.82) is 0 Å². The molecular formula is C19H22BF2N3O4. The van der Waals surface area contributed by atoms with Crippen molar-refractivity contribution in [3.63, 3.8) is 0 Å². The number of carbonyl (C=O) groups excluding carboxylic acids is 1. The van der Waals surface area contributed by atoms with Crippen molar-refractivity contribution in [2.45, 2.75) is 45.4 Å². The summed E-state index contributed by atoms with van der Waals surface area (Å²) < 4.78 is 46.8. The molecule has 0 unspecified atom stereocenters. The van der Waals surface area contributed by atoms with Gasteiger partial charge in [0.05, 0.1) is 31.1 Å². The van der Waals surface area contributed by atoms with Crippen LogP contribution in [0, 0.1) is 5.82 Å². The molecule has 1 aliphatic heterocycles. The van der Waals surface area contributed by atoms with Gasteiger partial charge >= 0.3 is 13.1 Å². The van der Waals surface area contributed by atoms with Crippen LogP contribution >= 0.6 is 0 Å². The summed E-state index contributed by atoms with van der Waals surface area (Å²) in [6, 6.07) is 5.52. The highest BCUT2D eigenvalue weighted by Gasteiger charge is 2.53. The number of allylic oxidation sites excluding steroid dienone is 1. The van der Waals surface area contributed by atoms with Crippen molar-refractivity contribution in [2.24, 2.45) is 0 Å². The third-order valence-corrected chi connectivity index (χ3v) is 5.17. The Morgan fingerprint density at radius 3 is 2.48 bits per heavy atom. The summed E-state index contributed by atoms with van der Waals surface area (Å²) in [5, 5.41) is 7.54. The number of aromatic nitrogens is 3. The van der Waals surface area contributed by atoms with Gasteiger partial charge in [0.2, 0.25) is 0 Å². The summed E-state index contributed by atoms with van der Waals surface area (Å²) in [6.45, 7) is 7.11. The third-order valence-electron chi connectivity index (χ3n) is 5.17. The van der Waals surface area contributed by atoms with E-state index in [2.05, 4.69) is 15.0 Å². The molecule has 154 valence electrons. The van der Waals surface area contributed by atoms with Gasteiger partial charge in [-0.3, -0.25) is 0 Å². The van der Waals surface area contributed by atoms with Gasteiger partial charge in [-0.2, -0.15) is 0 Å². The Labute approximate surface area is 167 Å². The van der Waals surface area contributed by atoms with Crippen LogP contribution < -0.4 is 0 Å². The van der Waals surface area contributed by atoms with E-state index in [1.807, 2.05) is 27.7 Å². The number of halogens is 2. The Hall–Kier alpha value is -2.59. The van der Waals surface area contributed by atoms with E-state index in [1.165, 1.54) is 36.2 Å². The Kier molecular flexibility index (Phi) is 5.60. The molecular weight excluding hydrogens is 383 g/mol. The average molecular weight is 405 g/mol. The fourth-order valence-corrected chi connectivity index (χ4v) is 2.81. The van der Waals surface area contributed by atoms with Crippen molar-refractivity contribution >= 4 is 18.7 Å². The second-order valence-electron chi connectivity index (χ2n) is 7.72. The second-order valence-corrected chi connectivity index (χ2v) is 7.72. The van der Waals surface area contributed by atoms with Crippen molar-refractivity contribution in [3.8, 4) is 0 Å². The van der Waals surface area contributed by atoms with Crippen LogP contribution in [0.4, 0.5) is 8.78 Å². The molecule has 1 aliphatic rings. The zero-order valence-corrected chi connectivity index (χ0v) is 16.9. The number of ether oxygens (including phenoxy) is 1. The topological polar surface area (TPSA) is 75.5 Å². The molecule has 0 atom stereocenters. The van der Waals surface area contributed by atoms with Crippen molar-refractivity contribution in [1.82, 2.24) is 15.0 Å². The van der Waals surface area contributed by atoms with Gasteiger partial charge in [0.25, 0.3) is 0 Å². The van der Waals surface area contributed by atoms with Gasteiger partial charge in [-0.05, 0) is 45.4 Å². The summed E-state index contributed by atoms with van der Waals surface area (Å²) in [6.07, 6.45) is 1.32. The van der Waals surface area contributed by atoms with E-state index in [4.69, 9.17) is 9.31 Å². The lowest BCUT2D eigenvalue weighted by molar-refractivity contribution is 0.00578. The smallest absolute Gasteiger partial charge is 0.464 e. The van der Waals surface area contributed by atoms with Crippen LogP contribution in [0.3, 0.4) is 0 Å². The van der Waals surface area contributed by atoms with Crippen LogP contribution in [0.2, 0.25) is 0 Å². The summed E-state index contributed by atoms with van der Waals surface area (Å²) in [7, 11) is -0.0425. The molecule has 2 heterocycles. The normalized spacial score (nSPS) is 18.5. The van der Waals surface area contributed by atoms with E-state index in [-0.39, 0.29) is 17.8 Å². The number of hydrogen-bond acceptors (Lipinski definition) is 6. The van der Waals surface area contributed by atoms with Crippen molar-refractivity contribution in [3.05, 3.63) is 53.3 Å². The lowest BCUT2D eigenvalue weighted by atomic mass is 9.82. The molecule has 10 heteroatoms. The maximum Gasteiger partial charge on any atom is 0.525 e. The highest BCUT2D eigenvalue weighted by Crippen LogP contribution is 2.40. The largest absolute Gasteiger partial charge is 0.525 e. The zero-order valence-electron chi connectivity index (χ0n) is 16.9. The predicted octanol–water partition coefficient (Wildman–Crippen LogP) is 3.22. The number of benzene rings is 1. The van der Waals surface area contributed by atoms with Crippen LogP contribution in [0.15, 0.2) is 36.2 Å². The van der Waals surface area contributed by atoms with Gasteiger partial charge in [-0.25, -0.2) is 18.3 Å². The van der Waals surface area contributed by atoms with E-state index < -0.39 is 35.8 Å². The van der Waals surface area contributed by atoms with Gasteiger partial charge in [0.1, 0.15) is 11.5 Å². The van der Waals surface area contributed by atoms with Crippen molar-refractivity contribution in [2.75, 3.05) is 7.11 Å². The number of methoxy groups -OCH3 is 1. The molecule has 1 saturated heterocycles. The molecule has 0 spiro atoms. The van der Waals surface area contributed by atoms with Crippen LogP contribution in [-0.4, -0.2) is 46.4 Å². The summed E-state index contributed by atoms with van der Waals surface area (Å²) in [5.74, 6) is -1.19. The Morgan fingerprint density at radius 1 is 1.24 bits per heavy atom. The van der Waals surface area contributed by atoms with Gasteiger partial charge < -0.3 is 14.0 Å². The van der Waals surface area contributed by atoms with E-state index >= 15 is 4.39 Å². The number of esters is 1. The zero-order chi connectivity index (χ0) is 21.4. The van der Waals surface area contributed by atoms with Crippen LogP contribution in [0.1, 0.15) is 43.7 Å². The fourth-order valence-electron chi connectivity index (χ4n) is 2.81. The van der Waals surface area contributed by atoms with Gasteiger partial charge in [-0.1, -0.05) is 17.3 Å². The summed E-state index contributed by atoms with van der Waals surface area (Å²) in [4.78, 5) is 11.6. The Balaban J connectivity index is 2.01. The van der Waals surface area contributed by atoms with Gasteiger partial charge in [0.15, 0.2) is 5.69 Å². The molecule has 1 aromatic carbocycles. The second kappa shape index (κ2) is 7.68. The predicted molar refractivity (Wildman–Crippen MR) is 102 cm³/mol. The van der Waals surface area contributed by atoms with Crippen molar-refractivity contribution < 1.29 is 27.6 Å². The molecule has 0 radical (unpaired) electrons. The molecule has 2 aromatic rings. The highest BCUT2D eigenvalue weighted by atomic mass is 19.1. The first-order valence-corrected chi connectivity index (χ1v) is 9.02. The Bertz CT molecular complexity index is 942. The molecule has 29 heavy (non-hydrogen) atoms. The molecule has 0 N–H and O–H groups in total. The molecule has 0 saturated carbocycles. The number of hydrogen-bond donors (Lipinski definition) is 0. The number of carbonyl (C=O) groups is 1. The molecule has 3 rings (SSSR count). The minimum atomic E-state index is -1.26. The van der Waals surface area contributed by atoms with Gasteiger partial charge in [0, 0.05) is 5.57 Å². The average Bonchev–Trinajstić information content (AvgIpc) is 3.20. The first kappa shape index (κ1) is 21.1. The van der Waals surface area contributed by atoms with E-state index in [9.17, 15) is 9.18 Å². The first-order valence-electron chi connectivity index (χ1n) is 9.02. The maximum atomic E-state index is 15.5. The van der Waals surface area contributed by atoms with E-state index in [1.54, 1.807) is 6.07 Å². The third kappa shape index (κ3) is 4.23. The minimum Gasteiger partial charge on any atom is -0.464 e. The fraction of sp³-hybridized carbons (Fsp3) is 0.421. The molecule has 0 amide bonds. The first-order chi connectivity index (χ1) is 13.5. The lowest BCUT2D eigenvalue weighted by Crippen LogP contribution is -2.41. The monoisotopic (exact) mass is 405 g/mol. The Morgan fingerprint density at radius 2 is 1.90 bits per heavy atom.